The monoisotopic (exact) mass is 465 g/mol. The Morgan fingerprint density at radius 3 is 2.61 bits per heavy atom. The maximum absolute atomic E-state index is 13.5. The van der Waals surface area contributed by atoms with E-state index in [0.29, 0.717) is 47.3 Å². The van der Waals surface area contributed by atoms with Crippen LogP contribution >= 0.6 is 11.3 Å². The van der Waals surface area contributed by atoms with Crippen molar-refractivity contribution >= 4 is 44.4 Å². The molecule has 9 heteroatoms. The van der Waals surface area contributed by atoms with Crippen molar-refractivity contribution in [2.75, 3.05) is 31.2 Å². The van der Waals surface area contributed by atoms with Gasteiger partial charge in [-0.15, -0.1) is 0 Å². The van der Waals surface area contributed by atoms with Crippen molar-refractivity contribution in [3.8, 4) is 5.75 Å². The van der Waals surface area contributed by atoms with Crippen molar-refractivity contribution in [1.82, 2.24) is 9.88 Å². The molecule has 2 aliphatic rings. The third kappa shape index (κ3) is 3.98. The minimum atomic E-state index is -0.455. The number of hydrogen-bond donors (Lipinski definition) is 0. The molecule has 3 aromatic rings. The van der Waals surface area contributed by atoms with E-state index < -0.39 is 11.8 Å². The van der Waals surface area contributed by atoms with Crippen molar-refractivity contribution in [3.05, 3.63) is 53.6 Å². The number of aromatic nitrogens is 1. The largest absolute Gasteiger partial charge is 0.492 e. The van der Waals surface area contributed by atoms with Gasteiger partial charge in [0.05, 0.1) is 35.1 Å². The summed E-state index contributed by atoms with van der Waals surface area (Å²) in [5.41, 5.74) is 1.33. The van der Waals surface area contributed by atoms with Gasteiger partial charge in [-0.2, -0.15) is 0 Å². The second-order valence-electron chi connectivity index (χ2n) is 7.91. The maximum atomic E-state index is 13.5. The SMILES string of the molecule is CCOc1cccc2sc(N(CC3CCCO3)C(=O)CN3C(=O)c4ccccc4C3=O)nc12. The number of rotatable bonds is 7. The predicted octanol–water partition coefficient (Wildman–Crippen LogP) is 3.50. The molecule has 0 radical (unpaired) electrons. The smallest absolute Gasteiger partial charge is 0.262 e. The van der Waals surface area contributed by atoms with Crippen molar-refractivity contribution in [3.63, 3.8) is 0 Å². The fraction of sp³-hybridized carbons (Fsp3) is 0.333. The van der Waals surface area contributed by atoms with Crippen LogP contribution in [0, 0.1) is 0 Å². The minimum absolute atomic E-state index is 0.116. The van der Waals surface area contributed by atoms with Gasteiger partial charge >= 0.3 is 0 Å². The molecule has 33 heavy (non-hydrogen) atoms. The molecule has 0 saturated carbocycles. The first-order valence-corrected chi connectivity index (χ1v) is 11.8. The lowest BCUT2D eigenvalue weighted by Gasteiger charge is -2.25. The van der Waals surface area contributed by atoms with Crippen LogP contribution in [0.4, 0.5) is 5.13 Å². The highest BCUT2D eigenvalue weighted by Crippen LogP contribution is 2.35. The molecule has 0 spiro atoms. The molecule has 0 bridgehead atoms. The molecule has 1 aromatic heterocycles. The number of thiazole rings is 1. The first kappa shape index (κ1) is 21.5. The quantitative estimate of drug-likeness (QED) is 0.496. The number of carbonyl (C=O) groups is 3. The van der Waals surface area contributed by atoms with Crippen LogP contribution in [0.2, 0.25) is 0 Å². The first-order valence-electron chi connectivity index (χ1n) is 11.0. The lowest BCUT2D eigenvalue weighted by atomic mass is 10.1. The van der Waals surface area contributed by atoms with Crippen molar-refractivity contribution in [1.29, 1.82) is 0 Å². The second kappa shape index (κ2) is 8.92. The van der Waals surface area contributed by atoms with Crippen LogP contribution in [0.5, 0.6) is 5.75 Å². The average molecular weight is 466 g/mol. The summed E-state index contributed by atoms with van der Waals surface area (Å²) in [7, 11) is 0. The summed E-state index contributed by atoms with van der Waals surface area (Å²) in [6.07, 6.45) is 1.65. The number of carbonyl (C=O) groups excluding carboxylic acids is 3. The zero-order chi connectivity index (χ0) is 22.9. The van der Waals surface area contributed by atoms with Gasteiger partial charge in [-0.05, 0) is 44.0 Å². The Balaban J connectivity index is 1.45. The van der Waals surface area contributed by atoms with E-state index in [0.717, 1.165) is 22.4 Å². The Labute approximate surface area is 194 Å². The normalized spacial score (nSPS) is 17.6. The number of anilines is 1. The number of hydrogen-bond acceptors (Lipinski definition) is 7. The fourth-order valence-corrected chi connectivity index (χ4v) is 5.19. The van der Waals surface area contributed by atoms with E-state index in [4.69, 9.17) is 14.5 Å². The van der Waals surface area contributed by atoms with Gasteiger partial charge < -0.3 is 9.47 Å². The van der Waals surface area contributed by atoms with Crippen LogP contribution in [0.1, 0.15) is 40.5 Å². The third-order valence-corrected chi connectivity index (χ3v) is 6.83. The molecule has 1 atom stereocenters. The van der Waals surface area contributed by atoms with E-state index in [1.54, 1.807) is 29.2 Å². The number of ether oxygens (including phenoxy) is 2. The molecular weight excluding hydrogens is 442 g/mol. The van der Waals surface area contributed by atoms with Gasteiger partial charge in [0.15, 0.2) is 5.13 Å². The summed E-state index contributed by atoms with van der Waals surface area (Å²) >= 11 is 1.37. The second-order valence-corrected chi connectivity index (χ2v) is 8.92. The molecule has 0 N–H and O–H groups in total. The molecule has 3 heterocycles. The van der Waals surface area contributed by atoms with Gasteiger partial charge in [-0.1, -0.05) is 29.5 Å². The van der Waals surface area contributed by atoms with Crippen LogP contribution in [-0.4, -0.2) is 60.0 Å². The van der Waals surface area contributed by atoms with E-state index in [1.807, 2.05) is 25.1 Å². The van der Waals surface area contributed by atoms with Crippen LogP contribution in [0.25, 0.3) is 10.2 Å². The Bertz CT molecular complexity index is 1200. The number of fused-ring (bicyclic) bond motifs is 2. The zero-order valence-electron chi connectivity index (χ0n) is 18.2. The van der Waals surface area contributed by atoms with Gasteiger partial charge in [-0.3, -0.25) is 24.2 Å². The van der Waals surface area contributed by atoms with E-state index in [9.17, 15) is 14.4 Å². The van der Waals surface area contributed by atoms with Crippen LogP contribution in [0.15, 0.2) is 42.5 Å². The van der Waals surface area contributed by atoms with E-state index in [2.05, 4.69) is 0 Å². The van der Waals surface area contributed by atoms with Crippen molar-refractivity contribution in [2.45, 2.75) is 25.9 Å². The number of amides is 3. The van der Waals surface area contributed by atoms with Crippen molar-refractivity contribution in [2.24, 2.45) is 0 Å². The molecule has 3 amide bonds. The van der Waals surface area contributed by atoms with Crippen LogP contribution < -0.4 is 9.64 Å². The Morgan fingerprint density at radius 2 is 1.94 bits per heavy atom. The number of para-hydroxylation sites is 1. The number of nitrogens with zero attached hydrogens (tertiary/aromatic N) is 3. The number of imide groups is 1. The summed E-state index contributed by atoms with van der Waals surface area (Å²) in [5, 5.41) is 0.495. The van der Waals surface area contributed by atoms with E-state index in [1.165, 1.54) is 11.3 Å². The molecular formula is C24H23N3O5S. The summed E-state index contributed by atoms with van der Waals surface area (Å²) in [4.78, 5) is 46.3. The topological polar surface area (TPSA) is 89.0 Å². The standard InChI is InChI=1S/C24H23N3O5S/c1-2-31-18-10-5-11-19-21(18)25-24(33-19)26(13-15-7-6-12-32-15)20(28)14-27-22(29)16-8-3-4-9-17(16)23(27)30/h3-5,8-11,15H,2,6-7,12-14H2,1H3. The molecule has 5 rings (SSSR count). The van der Waals surface area contributed by atoms with Crippen molar-refractivity contribution < 1.29 is 23.9 Å². The van der Waals surface area contributed by atoms with Gasteiger partial charge in [0.2, 0.25) is 5.91 Å². The highest BCUT2D eigenvalue weighted by Gasteiger charge is 2.38. The van der Waals surface area contributed by atoms with Gasteiger partial charge in [0.25, 0.3) is 11.8 Å². The number of benzene rings is 2. The zero-order valence-corrected chi connectivity index (χ0v) is 19.0. The fourth-order valence-electron chi connectivity index (χ4n) is 4.18. The first-order chi connectivity index (χ1) is 16.1. The molecule has 1 unspecified atom stereocenters. The van der Waals surface area contributed by atoms with Crippen LogP contribution in [0.3, 0.4) is 0 Å². The Morgan fingerprint density at radius 1 is 1.18 bits per heavy atom. The van der Waals surface area contributed by atoms with Gasteiger partial charge in [0.1, 0.15) is 17.8 Å². The molecule has 0 aliphatic carbocycles. The van der Waals surface area contributed by atoms with E-state index in [-0.39, 0.29) is 18.6 Å². The minimum Gasteiger partial charge on any atom is -0.492 e. The molecule has 2 aromatic carbocycles. The predicted molar refractivity (Wildman–Crippen MR) is 124 cm³/mol. The molecule has 1 saturated heterocycles. The van der Waals surface area contributed by atoms with Gasteiger partial charge in [0, 0.05) is 6.61 Å². The average Bonchev–Trinajstić information content (AvgIpc) is 3.54. The Hall–Kier alpha value is -3.30. The summed E-state index contributed by atoms with van der Waals surface area (Å²) in [6, 6.07) is 12.3. The lowest BCUT2D eigenvalue weighted by Crippen LogP contribution is -2.45. The van der Waals surface area contributed by atoms with Crippen LogP contribution in [-0.2, 0) is 9.53 Å². The summed E-state index contributed by atoms with van der Waals surface area (Å²) < 4.78 is 12.4. The summed E-state index contributed by atoms with van der Waals surface area (Å²) in [6.45, 7) is 3.02. The maximum Gasteiger partial charge on any atom is 0.262 e. The Kier molecular flexibility index (Phi) is 5.82. The highest BCUT2D eigenvalue weighted by atomic mass is 32.1. The molecule has 1 fully saturated rings. The van der Waals surface area contributed by atoms with Gasteiger partial charge in [-0.25, -0.2) is 4.98 Å². The molecule has 2 aliphatic heterocycles. The third-order valence-electron chi connectivity index (χ3n) is 5.78. The molecule has 170 valence electrons. The lowest BCUT2D eigenvalue weighted by molar-refractivity contribution is -0.119. The molecule has 8 nitrogen and oxygen atoms in total. The van der Waals surface area contributed by atoms with E-state index >= 15 is 0 Å². The summed E-state index contributed by atoms with van der Waals surface area (Å²) in [5.74, 6) is -0.632. The highest BCUT2D eigenvalue weighted by molar-refractivity contribution is 7.22.